The molecule has 0 amide bonds. The Morgan fingerprint density at radius 3 is 2.52 bits per heavy atom. The van der Waals surface area contributed by atoms with Crippen molar-refractivity contribution in [3.8, 4) is 0 Å². The minimum absolute atomic E-state index is 0.147. The maximum Gasteiger partial charge on any atom is 0.238 e. The molecule has 0 saturated heterocycles. The number of primary sulfonamides is 1. The van der Waals surface area contributed by atoms with Crippen LogP contribution in [0, 0.1) is 5.41 Å². The van der Waals surface area contributed by atoms with Gasteiger partial charge >= 0.3 is 0 Å². The molecule has 0 bridgehead atoms. The van der Waals surface area contributed by atoms with Gasteiger partial charge in [-0.15, -0.1) is 0 Å². The fourth-order valence-electron chi connectivity index (χ4n) is 1.91. The smallest absolute Gasteiger partial charge is 0.238 e. The summed E-state index contributed by atoms with van der Waals surface area (Å²) >= 11 is 1.75. The number of nitrogens with two attached hydrogens (primary N) is 1. The summed E-state index contributed by atoms with van der Waals surface area (Å²) in [6.07, 6.45) is 0.813. The Balaban J connectivity index is 1.83. The molecule has 0 radical (unpaired) electrons. The summed E-state index contributed by atoms with van der Waals surface area (Å²) in [6.45, 7) is 6.06. The molecule has 21 heavy (non-hydrogen) atoms. The molecule has 1 aliphatic heterocycles. The van der Waals surface area contributed by atoms with Gasteiger partial charge in [0.25, 0.3) is 0 Å². The molecule has 1 aliphatic rings. The molecule has 0 atom stereocenters. The van der Waals surface area contributed by atoms with Crippen LogP contribution in [0.3, 0.4) is 0 Å². The summed E-state index contributed by atoms with van der Waals surface area (Å²) in [7, 11) is -3.61. The molecule has 0 aromatic heterocycles. The lowest BCUT2D eigenvalue weighted by Crippen LogP contribution is -2.32. The first kappa shape index (κ1) is 16.3. The van der Waals surface area contributed by atoms with E-state index in [0.717, 1.165) is 36.0 Å². The number of amidine groups is 1. The molecule has 1 aromatic carbocycles. The summed E-state index contributed by atoms with van der Waals surface area (Å²) < 4.78 is 22.3. The van der Waals surface area contributed by atoms with Gasteiger partial charge in [-0.25, -0.2) is 13.6 Å². The molecule has 0 aliphatic carbocycles. The van der Waals surface area contributed by atoms with E-state index in [1.165, 1.54) is 0 Å². The second-order valence-corrected chi connectivity index (χ2v) is 8.47. The topological polar surface area (TPSA) is 84.5 Å². The van der Waals surface area contributed by atoms with Crippen molar-refractivity contribution >= 4 is 27.0 Å². The average molecular weight is 327 g/mol. The molecular weight excluding hydrogens is 306 g/mol. The zero-order chi connectivity index (χ0) is 15.5. The highest BCUT2D eigenvalue weighted by Crippen LogP contribution is 2.26. The van der Waals surface area contributed by atoms with E-state index >= 15 is 0 Å². The van der Waals surface area contributed by atoms with E-state index in [1.807, 2.05) is 0 Å². The molecule has 3 N–H and O–H groups in total. The lowest BCUT2D eigenvalue weighted by molar-refractivity contribution is 0.437. The maximum absolute atomic E-state index is 11.2. The Morgan fingerprint density at radius 2 is 2.00 bits per heavy atom. The first-order valence-electron chi connectivity index (χ1n) is 6.79. The number of hydrogen-bond acceptors (Lipinski definition) is 5. The van der Waals surface area contributed by atoms with Crippen LogP contribution in [0.4, 0.5) is 0 Å². The largest absolute Gasteiger partial charge is 0.365 e. The number of hydrogen-bond donors (Lipinski definition) is 2. The standard InChI is InChI=1S/C14H21N3O2S2/c1-14(2)9-17-13(20-10-14)16-8-7-11-3-5-12(6-4-11)21(15,18)19/h3-6H,7-10H2,1-2H3,(H,16,17)(H2,15,18,19). The van der Waals surface area contributed by atoms with E-state index in [1.54, 1.807) is 36.0 Å². The van der Waals surface area contributed by atoms with Crippen molar-refractivity contribution in [1.29, 1.82) is 0 Å². The van der Waals surface area contributed by atoms with Crippen molar-refractivity contribution in [3.05, 3.63) is 29.8 Å². The van der Waals surface area contributed by atoms with Gasteiger partial charge in [0.05, 0.1) is 4.90 Å². The third kappa shape index (κ3) is 5.01. The van der Waals surface area contributed by atoms with E-state index in [2.05, 4.69) is 24.2 Å². The predicted octanol–water partition coefficient (Wildman–Crippen LogP) is 1.60. The van der Waals surface area contributed by atoms with Crippen LogP contribution < -0.4 is 10.5 Å². The zero-order valence-corrected chi connectivity index (χ0v) is 13.9. The van der Waals surface area contributed by atoms with Gasteiger partial charge in [-0.3, -0.25) is 4.99 Å². The van der Waals surface area contributed by atoms with Crippen molar-refractivity contribution in [3.63, 3.8) is 0 Å². The Bertz CT molecular complexity index is 622. The molecule has 2 rings (SSSR count). The number of aliphatic imine (C=N–C) groups is 1. The molecule has 0 unspecified atom stereocenters. The quantitative estimate of drug-likeness (QED) is 0.879. The summed E-state index contributed by atoms with van der Waals surface area (Å²) in [5.74, 6) is 1.07. The molecule has 0 fully saturated rings. The SMILES string of the molecule is CC1(C)CN=C(NCCc2ccc(S(N)(=O)=O)cc2)SC1. The van der Waals surface area contributed by atoms with Crippen LogP contribution in [0.1, 0.15) is 19.4 Å². The van der Waals surface area contributed by atoms with Gasteiger partial charge in [0.1, 0.15) is 0 Å². The number of thioether (sulfide) groups is 1. The second kappa shape index (κ2) is 6.37. The van der Waals surface area contributed by atoms with Crippen molar-refractivity contribution in [2.75, 3.05) is 18.8 Å². The van der Waals surface area contributed by atoms with Crippen molar-refractivity contribution in [2.24, 2.45) is 15.5 Å². The van der Waals surface area contributed by atoms with Gasteiger partial charge in [-0.2, -0.15) is 0 Å². The monoisotopic (exact) mass is 327 g/mol. The summed E-state index contributed by atoms with van der Waals surface area (Å²) in [6, 6.07) is 6.67. The molecule has 7 heteroatoms. The van der Waals surface area contributed by atoms with E-state index in [0.29, 0.717) is 0 Å². The van der Waals surface area contributed by atoms with Crippen LogP contribution >= 0.6 is 11.8 Å². The average Bonchev–Trinajstić information content (AvgIpc) is 2.40. The van der Waals surface area contributed by atoms with Crippen molar-refractivity contribution in [2.45, 2.75) is 25.2 Å². The van der Waals surface area contributed by atoms with E-state index in [9.17, 15) is 8.42 Å². The second-order valence-electron chi connectivity index (χ2n) is 5.94. The van der Waals surface area contributed by atoms with E-state index in [4.69, 9.17) is 5.14 Å². The summed E-state index contributed by atoms with van der Waals surface area (Å²) in [4.78, 5) is 4.68. The summed E-state index contributed by atoms with van der Waals surface area (Å²) in [5.41, 5.74) is 1.34. The fourth-order valence-corrected chi connectivity index (χ4v) is 3.40. The first-order valence-corrected chi connectivity index (χ1v) is 9.32. The molecule has 1 aromatic rings. The minimum atomic E-state index is -3.61. The van der Waals surface area contributed by atoms with E-state index < -0.39 is 10.0 Å². The lowest BCUT2D eigenvalue weighted by Gasteiger charge is -2.27. The van der Waals surface area contributed by atoms with Crippen molar-refractivity contribution < 1.29 is 8.42 Å². The minimum Gasteiger partial charge on any atom is -0.365 e. The number of nitrogens with zero attached hydrogens (tertiary/aromatic N) is 1. The van der Waals surface area contributed by atoms with Crippen LogP contribution in [0.2, 0.25) is 0 Å². The van der Waals surface area contributed by atoms with Gasteiger partial charge in [-0.1, -0.05) is 37.7 Å². The number of rotatable bonds is 4. The molecule has 0 spiro atoms. The van der Waals surface area contributed by atoms with Crippen LogP contribution in [0.15, 0.2) is 34.2 Å². The Kier molecular flexibility index (Phi) is 4.95. The van der Waals surface area contributed by atoms with Gasteiger partial charge in [-0.05, 0) is 29.5 Å². The van der Waals surface area contributed by atoms with Crippen LogP contribution in [-0.4, -0.2) is 32.4 Å². The predicted molar refractivity (Wildman–Crippen MR) is 88.1 cm³/mol. The fraction of sp³-hybridized carbons (Fsp3) is 0.500. The highest BCUT2D eigenvalue weighted by Gasteiger charge is 2.22. The lowest BCUT2D eigenvalue weighted by atomic mass is 9.97. The summed E-state index contributed by atoms with van der Waals surface area (Å²) in [5, 5.41) is 9.39. The maximum atomic E-state index is 11.2. The molecule has 116 valence electrons. The third-order valence-electron chi connectivity index (χ3n) is 3.19. The zero-order valence-electron chi connectivity index (χ0n) is 12.3. The van der Waals surface area contributed by atoms with Crippen LogP contribution in [0.25, 0.3) is 0 Å². The third-order valence-corrected chi connectivity index (χ3v) is 5.59. The molecule has 1 heterocycles. The number of nitrogens with one attached hydrogen (secondary N) is 1. The van der Waals surface area contributed by atoms with Gasteiger partial charge in [0.15, 0.2) is 5.17 Å². The van der Waals surface area contributed by atoms with Gasteiger partial charge in [0.2, 0.25) is 10.0 Å². The van der Waals surface area contributed by atoms with E-state index in [-0.39, 0.29) is 10.3 Å². The molecular formula is C14H21N3O2S2. The number of sulfonamides is 1. The highest BCUT2D eigenvalue weighted by molar-refractivity contribution is 8.13. The Hall–Kier alpha value is -1.05. The normalized spacial score (nSPS) is 18.1. The molecule has 5 nitrogen and oxygen atoms in total. The Morgan fingerprint density at radius 1 is 1.33 bits per heavy atom. The van der Waals surface area contributed by atoms with Gasteiger partial charge in [0, 0.05) is 18.8 Å². The van der Waals surface area contributed by atoms with Gasteiger partial charge < -0.3 is 5.32 Å². The van der Waals surface area contributed by atoms with Crippen molar-refractivity contribution in [1.82, 2.24) is 5.32 Å². The first-order chi connectivity index (χ1) is 9.76. The molecule has 0 saturated carbocycles. The Labute approximate surface area is 130 Å². The van der Waals surface area contributed by atoms with Crippen LogP contribution in [0.5, 0.6) is 0 Å². The highest BCUT2D eigenvalue weighted by atomic mass is 32.2. The van der Waals surface area contributed by atoms with Crippen LogP contribution in [-0.2, 0) is 16.4 Å². The number of benzene rings is 1.